The Labute approximate surface area is 159 Å². The van der Waals surface area contributed by atoms with E-state index >= 15 is 0 Å². The average molecular weight is 403 g/mol. The van der Waals surface area contributed by atoms with Crippen molar-refractivity contribution in [3.63, 3.8) is 0 Å². The van der Waals surface area contributed by atoms with Crippen LogP contribution in [0.15, 0.2) is 30.3 Å². The van der Waals surface area contributed by atoms with Crippen LogP contribution in [0.3, 0.4) is 0 Å². The van der Waals surface area contributed by atoms with Crippen molar-refractivity contribution in [3.8, 4) is 17.2 Å². The van der Waals surface area contributed by atoms with Gasteiger partial charge in [0, 0.05) is 17.8 Å². The molecule has 8 heteroatoms. The largest absolute Gasteiger partial charge is 0.486 e. The van der Waals surface area contributed by atoms with Crippen LogP contribution in [-0.2, 0) is 4.79 Å². The number of amides is 1. The Morgan fingerprint density at radius 1 is 1.04 bits per heavy atom. The minimum absolute atomic E-state index is 0.272. The standard InChI is InChI=1S/C17H14Cl3NO4/c1-9(25-15-8-12(19)11(18)7-13(15)20)17(22)21-10-2-3-14-16(6-10)24-5-4-23-14/h2-3,6-9H,4-5H2,1H3,(H,21,22)/t9-/m1/s1. The second-order valence-electron chi connectivity index (χ2n) is 5.30. The molecule has 0 bridgehead atoms. The SMILES string of the molecule is C[C@@H](Oc1cc(Cl)c(Cl)cc1Cl)C(=O)Nc1ccc2c(c1)OCCO2. The third kappa shape index (κ3) is 4.24. The lowest BCUT2D eigenvalue weighted by Gasteiger charge is -2.20. The molecule has 0 aliphatic carbocycles. The maximum Gasteiger partial charge on any atom is 0.265 e. The van der Waals surface area contributed by atoms with Crippen LogP contribution in [0.1, 0.15) is 6.92 Å². The summed E-state index contributed by atoms with van der Waals surface area (Å²) in [4.78, 5) is 12.3. The van der Waals surface area contributed by atoms with Gasteiger partial charge < -0.3 is 19.5 Å². The molecule has 1 aliphatic rings. The first kappa shape index (κ1) is 18.0. The zero-order valence-electron chi connectivity index (χ0n) is 13.1. The fourth-order valence-electron chi connectivity index (χ4n) is 2.20. The highest BCUT2D eigenvalue weighted by Crippen LogP contribution is 2.35. The number of carbonyl (C=O) groups is 1. The summed E-state index contributed by atoms with van der Waals surface area (Å²) in [5, 5.41) is 3.63. The van der Waals surface area contributed by atoms with Gasteiger partial charge in [0.1, 0.15) is 19.0 Å². The van der Waals surface area contributed by atoms with Crippen molar-refractivity contribution in [2.75, 3.05) is 18.5 Å². The lowest BCUT2D eigenvalue weighted by Crippen LogP contribution is -2.30. The minimum Gasteiger partial charge on any atom is -0.486 e. The van der Waals surface area contributed by atoms with Gasteiger partial charge in [-0.3, -0.25) is 4.79 Å². The molecule has 1 atom stereocenters. The summed E-state index contributed by atoms with van der Waals surface area (Å²) < 4.78 is 16.5. The van der Waals surface area contributed by atoms with Gasteiger partial charge in [0.2, 0.25) is 0 Å². The third-order valence-electron chi connectivity index (χ3n) is 3.46. The topological polar surface area (TPSA) is 56.8 Å². The fourth-order valence-corrected chi connectivity index (χ4v) is 2.78. The average Bonchev–Trinajstić information content (AvgIpc) is 2.59. The smallest absolute Gasteiger partial charge is 0.265 e. The lowest BCUT2D eigenvalue weighted by molar-refractivity contribution is -0.122. The second-order valence-corrected chi connectivity index (χ2v) is 6.53. The van der Waals surface area contributed by atoms with Crippen LogP contribution in [0.5, 0.6) is 17.2 Å². The molecule has 0 saturated heterocycles. The summed E-state index contributed by atoms with van der Waals surface area (Å²) in [6.07, 6.45) is -0.803. The predicted molar refractivity (Wildman–Crippen MR) is 97.6 cm³/mol. The van der Waals surface area contributed by atoms with E-state index in [0.717, 1.165) is 0 Å². The van der Waals surface area contributed by atoms with E-state index in [0.29, 0.717) is 40.4 Å². The summed E-state index contributed by atoms with van der Waals surface area (Å²) in [7, 11) is 0. The van der Waals surface area contributed by atoms with Gasteiger partial charge in [-0.2, -0.15) is 0 Å². The van der Waals surface area contributed by atoms with Gasteiger partial charge in [-0.05, 0) is 25.1 Å². The number of carbonyl (C=O) groups excluding carboxylic acids is 1. The number of anilines is 1. The molecular formula is C17H14Cl3NO4. The summed E-state index contributed by atoms with van der Waals surface area (Å²) in [6, 6.07) is 8.10. The Hall–Kier alpha value is -1.82. The number of fused-ring (bicyclic) bond motifs is 1. The number of ether oxygens (including phenoxy) is 3. The van der Waals surface area contributed by atoms with Crippen molar-refractivity contribution in [1.82, 2.24) is 0 Å². The quantitative estimate of drug-likeness (QED) is 0.745. The molecule has 1 heterocycles. The second kappa shape index (κ2) is 7.60. The molecule has 2 aromatic rings. The van der Waals surface area contributed by atoms with Gasteiger partial charge in [0.05, 0.1) is 15.1 Å². The minimum atomic E-state index is -0.803. The molecule has 0 fully saturated rings. The van der Waals surface area contributed by atoms with E-state index in [2.05, 4.69) is 5.32 Å². The van der Waals surface area contributed by atoms with E-state index in [1.165, 1.54) is 12.1 Å². The summed E-state index contributed by atoms with van der Waals surface area (Å²) in [5.41, 5.74) is 0.574. The first-order valence-electron chi connectivity index (χ1n) is 7.46. The zero-order valence-corrected chi connectivity index (χ0v) is 15.4. The normalized spacial score (nSPS) is 13.9. The van der Waals surface area contributed by atoms with Crippen molar-refractivity contribution in [2.45, 2.75) is 13.0 Å². The van der Waals surface area contributed by atoms with Gasteiger partial charge in [-0.1, -0.05) is 34.8 Å². The highest BCUT2D eigenvalue weighted by molar-refractivity contribution is 6.43. The zero-order chi connectivity index (χ0) is 18.0. The van der Waals surface area contributed by atoms with E-state index in [-0.39, 0.29) is 16.7 Å². The number of halogens is 3. The Morgan fingerprint density at radius 2 is 1.72 bits per heavy atom. The van der Waals surface area contributed by atoms with Gasteiger partial charge in [-0.25, -0.2) is 0 Å². The number of nitrogens with one attached hydrogen (secondary N) is 1. The van der Waals surface area contributed by atoms with Crippen LogP contribution in [0, 0.1) is 0 Å². The van der Waals surface area contributed by atoms with Crippen molar-refractivity contribution >= 4 is 46.4 Å². The van der Waals surface area contributed by atoms with E-state index in [1.54, 1.807) is 25.1 Å². The molecular weight excluding hydrogens is 389 g/mol. The molecule has 25 heavy (non-hydrogen) atoms. The lowest BCUT2D eigenvalue weighted by atomic mass is 10.2. The number of benzene rings is 2. The monoisotopic (exact) mass is 401 g/mol. The first-order valence-corrected chi connectivity index (χ1v) is 8.59. The van der Waals surface area contributed by atoms with Gasteiger partial charge >= 0.3 is 0 Å². The van der Waals surface area contributed by atoms with Gasteiger partial charge in [-0.15, -0.1) is 0 Å². The Bertz CT molecular complexity index is 813. The van der Waals surface area contributed by atoms with E-state index < -0.39 is 6.10 Å². The fraction of sp³-hybridized carbons (Fsp3) is 0.235. The first-order chi connectivity index (χ1) is 11.9. The molecule has 3 rings (SSSR count). The van der Waals surface area contributed by atoms with Crippen LogP contribution >= 0.6 is 34.8 Å². The molecule has 132 valence electrons. The van der Waals surface area contributed by atoms with Crippen molar-refractivity contribution in [1.29, 1.82) is 0 Å². The summed E-state index contributed by atoms with van der Waals surface area (Å²) in [5.74, 6) is 1.17. The van der Waals surface area contributed by atoms with E-state index in [9.17, 15) is 4.79 Å². The van der Waals surface area contributed by atoms with Crippen LogP contribution in [-0.4, -0.2) is 25.2 Å². The molecule has 1 aliphatic heterocycles. The Morgan fingerprint density at radius 3 is 2.48 bits per heavy atom. The maximum absolute atomic E-state index is 12.3. The molecule has 5 nitrogen and oxygen atoms in total. The Kier molecular flexibility index (Phi) is 5.47. The molecule has 2 aromatic carbocycles. The third-order valence-corrected chi connectivity index (χ3v) is 4.48. The number of rotatable bonds is 4. The highest BCUT2D eigenvalue weighted by atomic mass is 35.5. The molecule has 1 amide bonds. The van der Waals surface area contributed by atoms with Crippen molar-refractivity contribution in [2.24, 2.45) is 0 Å². The van der Waals surface area contributed by atoms with Crippen LogP contribution < -0.4 is 19.5 Å². The molecule has 0 saturated carbocycles. The molecule has 0 unspecified atom stereocenters. The predicted octanol–water partition coefficient (Wildman–Crippen LogP) is 4.82. The van der Waals surface area contributed by atoms with Crippen molar-refractivity contribution in [3.05, 3.63) is 45.4 Å². The Balaban J connectivity index is 1.68. The number of hydrogen-bond acceptors (Lipinski definition) is 4. The maximum atomic E-state index is 12.3. The molecule has 0 radical (unpaired) electrons. The molecule has 1 N–H and O–H groups in total. The van der Waals surface area contributed by atoms with Gasteiger partial charge in [0.15, 0.2) is 17.6 Å². The van der Waals surface area contributed by atoms with Crippen LogP contribution in [0.25, 0.3) is 0 Å². The number of hydrogen-bond donors (Lipinski definition) is 1. The summed E-state index contributed by atoms with van der Waals surface area (Å²) in [6.45, 7) is 2.58. The van der Waals surface area contributed by atoms with Gasteiger partial charge in [0.25, 0.3) is 5.91 Å². The molecule has 0 aromatic heterocycles. The van der Waals surface area contributed by atoms with Crippen LogP contribution in [0.4, 0.5) is 5.69 Å². The van der Waals surface area contributed by atoms with Crippen molar-refractivity contribution < 1.29 is 19.0 Å². The van der Waals surface area contributed by atoms with Crippen LogP contribution in [0.2, 0.25) is 15.1 Å². The van der Waals surface area contributed by atoms with E-state index in [1.807, 2.05) is 0 Å². The van der Waals surface area contributed by atoms with E-state index in [4.69, 9.17) is 49.0 Å². The molecule has 0 spiro atoms. The highest BCUT2D eigenvalue weighted by Gasteiger charge is 2.19. The summed E-state index contributed by atoms with van der Waals surface area (Å²) >= 11 is 17.9.